The highest BCUT2D eigenvalue weighted by molar-refractivity contribution is 7.99. The lowest BCUT2D eigenvalue weighted by molar-refractivity contribution is -0.139. The van der Waals surface area contributed by atoms with Gasteiger partial charge in [0.05, 0.1) is 25.0 Å². The van der Waals surface area contributed by atoms with Crippen molar-refractivity contribution in [2.45, 2.75) is 24.9 Å². The molecule has 0 spiro atoms. The Morgan fingerprint density at radius 3 is 2.89 bits per heavy atom. The molecular formula is C21H23N3O3S. The van der Waals surface area contributed by atoms with Gasteiger partial charge in [0.2, 0.25) is 0 Å². The Labute approximate surface area is 169 Å². The van der Waals surface area contributed by atoms with E-state index in [0.717, 1.165) is 35.3 Å². The van der Waals surface area contributed by atoms with Gasteiger partial charge in [0.25, 0.3) is 0 Å². The van der Waals surface area contributed by atoms with Gasteiger partial charge in [-0.25, -0.2) is 4.98 Å². The quantitative estimate of drug-likeness (QED) is 0.547. The minimum absolute atomic E-state index is 0.125. The molecule has 0 radical (unpaired) electrons. The van der Waals surface area contributed by atoms with Gasteiger partial charge in [-0.1, -0.05) is 30.0 Å². The summed E-state index contributed by atoms with van der Waals surface area (Å²) in [5, 5.41) is 10.6. The van der Waals surface area contributed by atoms with Gasteiger partial charge in [-0.15, -0.1) is 0 Å². The lowest BCUT2D eigenvalue weighted by atomic mass is 9.91. The van der Waals surface area contributed by atoms with Gasteiger partial charge >= 0.3 is 5.97 Å². The van der Waals surface area contributed by atoms with Crippen LogP contribution in [0.15, 0.2) is 29.3 Å². The summed E-state index contributed by atoms with van der Waals surface area (Å²) in [6, 6.07) is 10.0. The summed E-state index contributed by atoms with van der Waals surface area (Å²) in [7, 11) is 3.69. The third kappa shape index (κ3) is 4.13. The van der Waals surface area contributed by atoms with Crippen LogP contribution in [0, 0.1) is 11.3 Å². The number of pyridine rings is 1. The van der Waals surface area contributed by atoms with Crippen LogP contribution in [-0.2, 0) is 22.5 Å². The van der Waals surface area contributed by atoms with Gasteiger partial charge in [-0.3, -0.25) is 4.79 Å². The highest BCUT2D eigenvalue weighted by Crippen LogP contribution is 2.40. The zero-order valence-electron chi connectivity index (χ0n) is 16.3. The number of nitrogens with zero attached hydrogens (tertiary/aromatic N) is 3. The second-order valence-electron chi connectivity index (χ2n) is 6.49. The van der Waals surface area contributed by atoms with E-state index >= 15 is 0 Å². The third-order valence-electron chi connectivity index (χ3n) is 4.63. The second kappa shape index (κ2) is 9.09. The predicted octanol–water partition coefficient (Wildman–Crippen LogP) is 3.27. The maximum absolute atomic E-state index is 11.8. The largest absolute Gasteiger partial charge is 0.496 e. The summed E-state index contributed by atoms with van der Waals surface area (Å²) in [6.07, 6.45) is 0.798. The van der Waals surface area contributed by atoms with E-state index in [-0.39, 0.29) is 11.7 Å². The zero-order valence-corrected chi connectivity index (χ0v) is 17.1. The average Bonchev–Trinajstić information content (AvgIpc) is 2.71. The van der Waals surface area contributed by atoms with Crippen LogP contribution in [0.25, 0.3) is 11.1 Å². The molecule has 28 heavy (non-hydrogen) atoms. The van der Waals surface area contributed by atoms with Crippen molar-refractivity contribution in [3.63, 3.8) is 0 Å². The highest BCUT2D eigenvalue weighted by atomic mass is 32.2. The van der Waals surface area contributed by atoms with Crippen LogP contribution in [0.1, 0.15) is 23.7 Å². The molecule has 0 amide bonds. The number of benzene rings is 1. The molecule has 0 saturated heterocycles. The number of ether oxygens (including phenoxy) is 2. The van der Waals surface area contributed by atoms with E-state index in [1.165, 1.54) is 11.8 Å². The molecule has 7 heteroatoms. The summed E-state index contributed by atoms with van der Waals surface area (Å²) in [5.41, 5.74) is 4.23. The van der Waals surface area contributed by atoms with Crippen molar-refractivity contribution in [1.82, 2.24) is 9.88 Å². The smallest absolute Gasteiger partial charge is 0.316 e. The number of nitriles is 1. The number of esters is 1. The Morgan fingerprint density at radius 2 is 2.18 bits per heavy atom. The first-order chi connectivity index (χ1) is 13.6. The summed E-state index contributed by atoms with van der Waals surface area (Å²) >= 11 is 1.25. The lowest BCUT2D eigenvalue weighted by Gasteiger charge is -2.28. The van der Waals surface area contributed by atoms with E-state index in [0.29, 0.717) is 29.5 Å². The summed E-state index contributed by atoms with van der Waals surface area (Å²) in [4.78, 5) is 18.8. The Bertz CT molecular complexity index is 924. The molecule has 2 aromatic rings. The van der Waals surface area contributed by atoms with Crippen LogP contribution < -0.4 is 4.74 Å². The molecule has 1 aromatic heterocycles. The SMILES string of the molecule is CCOC(=O)CSc1nc2c(c(-c3ccccc3OC)c1C#N)CN(C)CC2. The van der Waals surface area contributed by atoms with Crippen LogP contribution in [0.2, 0.25) is 0 Å². The first-order valence-electron chi connectivity index (χ1n) is 9.15. The van der Waals surface area contributed by atoms with Gasteiger partial charge in [0.1, 0.15) is 16.8 Å². The highest BCUT2D eigenvalue weighted by Gasteiger charge is 2.26. The maximum atomic E-state index is 11.8. The van der Waals surface area contributed by atoms with Crippen LogP contribution >= 0.6 is 11.8 Å². The summed E-state index contributed by atoms with van der Waals surface area (Å²) < 4.78 is 10.6. The molecule has 0 atom stereocenters. The van der Waals surface area contributed by atoms with E-state index in [4.69, 9.17) is 14.5 Å². The topological polar surface area (TPSA) is 75.5 Å². The molecule has 0 bridgehead atoms. The van der Waals surface area contributed by atoms with Crippen molar-refractivity contribution >= 4 is 17.7 Å². The summed E-state index contributed by atoms with van der Waals surface area (Å²) in [5.74, 6) is 0.524. The Balaban J connectivity index is 2.16. The van der Waals surface area contributed by atoms with Crippen LogP contribution in [-0.4, -0.2) is 48.9 Å². The van der Waals surface area contributed by atoms with Gasteiger partial charge in [0.15, 0.2) is 0 Å². The van der Waals surface area contributed by atoms with Gasteiger partial charge < -0.3 is 14.4 Å². The van der Waals surface area contributed by atoms with Crippen molar-refractivity contribution < 1.29 is 14.3 Å². The lowest BCUT2D eigenvalue weighted by Crippen LogP contribution is -2.28. The van der Waals surface area contributed by atoms with E-state index in [1.54, 1.807) is 14.0 Å². The van der Waals surface area contributed by atoms with Gasteiger partial charge in [-0.05, 0) is 25.6 Å². The molecule has 1 aromatic carbocycles. The minimum atomic E-state index is -0.311. The number of para-hydroxylation sites is 1. The molecule has 6 nitrogen and oxygen atoms in total. The van der Waals surface area contributed by atoms with Crippen molar-refractivity contribution in [3.05, 3.63) is 41.1 Å². The molecule has 0 saturated carbocycles. The third-order valence-corrected chi connectivity index (χ3v) is 5.58. The Morgan fingerprint density at radius 1 is 1.39 bits per heavy atom. The van der Waals surface area contributed by atoms with Crippen molar-refractivity contribution in [1.29, 1.82) is 5.26 Å². The van der Waals surface area contributed by atoms with Crippen LogP contribution in [0.5, 0.6) is 5.75 Å². The van der Waals surface area contributed by atoms with Gasteiger partial charge in [-0.2, -0.15) is 5.26 Å². The fourth-order valence-corrected chi connectivity index (χ4v) is 4.16. The number of hydrogen-bond acceptors (Lipinski definition) is 7. The number of hydrogen-bond donors (Lipinski definition) is 0. The standard InChI is InChI=1S/C21H23N3O3S/c1-4-27-19(25)13-28-21-15(11-22)20(14-7-5-6-8-18(14)26-3)16-12-24(2)10-9-17(16)23-21/h5-8H,4,9-10,12-13H2,1-3H3. The molecule has 2 heterocycles. The molecule has 0 unspecified atom stereocenters. The number of carbonyl (C=O) groups is 1. The normalized spacial score (nSPS) is 13.5. The Kier molecular flexibility index (Phi) is 6.55. The number of thioether (sulfide) groups is 1. The molecule has 3 rings (SSSR count). The van der Waals surface area contributed by atoms with E-state index in [9.17, 15) is 10.1 Å². The number of methoxy groups -OCH3 is 1. The molecule has 1 aliphatic heterocycles. The Hall–Kier alpha value is -2.56. The molecule has 0 N–H and O–H groups in total. The second-order valence-corrected chi connectivity index (χ2v) is 7.45. The number of likely N-dealkylation sites (N-methyl/N-ethyl adjacent to an activating group) is 1. The first-order valence-corrected chi connectivity index (χ1v) is 10.1. The monoisotopic (exact) mass is 397 g/mol. The van der Waals surface area contributed by atoms with Crippen LogP contribution in [0.4, 0.5) is 0 Å². The predicted molar refractivity (Wildman–Crippen MR) is 108 cm³/mol. The van der Waals surface area contributed by atoms with Crippen molar-refractivity contribution in [3.8, 4) is 22.9 Å². The number of rotatable bonds is 6. The molecule has 1 aliphatic rings. The van der Waals surface area contributed by atoms with E-state index in [1.807, 2.05) is 24.3 Å². The average molecular weight is 398 g/mol. The van der Waals surface area contributed by atoms with Crippen molar-refractivity contribution in [2.75, 3.05) is 33.1 Å². The minimum Gasteiger partial charge on any atom is -0.496 e. The molecule has 0 aliphatic carbocycles. The zero-order chi connectivity index (χ0) is 20.1. The van der Waals surface area contributed by atoms with Crippen LogP contribution in [0.3, 0.4) is 0 Å². The molecule has 146 valence electrons. The van der Waals surface area contributed by atoms with Crippen molar-refractivity contribution in [2.24, 2.45) is 0 Å². The first kappa shape index (κ1) is 20.2. The van der Waals surface area contributed by atoms with Gasteiger partial charge in [0, 0.05) is 36.3 Å². The number of aromatic nitrogens is 1. The van der Waals surface area contributed by atoms with E-state index < -0.39 is 0 Å². The fourth-order valence-electron chi connectivity index (χ4n) is 3.36. The van der Waals surface area contributed by atoms with E-state index in [2.05, 4.69) is 18.0 Å². The fraction of sp³-hybridized carbons (Fsp3) is 0.381. The number of carbonyl (C=O) groups excluding carboxylic acids is 1. The summed E-state index contributed by atoms with van der Waals surface area (Å²) in [6.45, 7) is 3.73. The maximum Gasteiger partial charge on any atom is 0.316 e. The molecule has 0 fully saturated rings. The number of fused-ring (bicyclic) bond motifs is 1. The molecular weight excluding hydrogens is 374 g/mol.